The van der Waals surface area contributed by atoms with E-state index in [1.54, 1.807) is 6.26 Å². The SMILES string of the molecule is C=CF.CC.CCCc1nocc1C(C)C. The first-order valence-corrected chi connectivity index (χ1v) is 5.81. The number of aromatic nitrogens is 1. The minimum atomic E-state index is 0.250. The molecule has 0 aliphatic heterocycles. The van der Waals surface area contributed by atoms with E-state index in [0.29, 0.717) is 5.92 Å². The number of hydrogen-bond donors (Lipinski definition) is 0. The minimum Gasteiger partial charge on any atom is -0.364 e. The summed E-state index contributed by atoms with van der Waals surface area (Å²) in [4.78, 5) is 0. The van der Waals surface area contributed by atoms with Gasteiger partial charge < -0.3 is 4.52 Å². The Morgan fingerprint density at radius 3 is 2.38 bits per heavy atom. The number of nitrogens with zero attached hydrogens (tertiary/aromatic N) is 1. The van der Waals surface area contributed by atoms with E-state index in [1.807, 2.05) is 13.8 Å². The van der Waals surface area contributed by atoms with Gasteiger partial charge in [-0.15, -0.1) is 0 Å². The van der Waals surface area contributed by atoms with Crippen LogP contribution in [0.5, 0.6) is 0 Å². The van der Waals surface area contributed by atoms with Crippen LogP contribution in [-0.4, -0.2) is 5.16 Å². The maximum atomic E-state index is 10.1. The lowest BCUT2D eigenvalue weighted by Crippen LogP contribution is -1.92. The van der Waals surface area contributed by atoms with Gasteiger partial charge in [0, 0.05) is 5.56 Å². The maximum absolute atomic E-state index is 10.1. The van der Waals surface area contributed by atoms with Crippen LogP contribution >= 0.6 is 0 Å². The summed E-state index contributed by atoms with van der Waals surface area (Å²) in [6.45, 7) is 13.2. The zero-order chi connectivity index (χ0) is 13.0. The van der Waals surface area contributed by atoms with E-state index in [4.69, 9.17) is 4.52 Å². The fraction of sp³-hybridized carbons (Fsp3) is 0.615. The molecule has 0 aliphatic carbocycles. The van der Waals surface area contributed by atoms with Crippen molar-refractivity contribution in [3.63, 3.8) is 0 Å². The van der Waals surface area contributed by atoms with E-state index in [-0.39, 0.29) is 6.33 Å². The summed E-state index contributed by atoms with van der Waals surface area (Å²) in [7, 11) is 0. The Hall–Kier alpha value is -1.12. The van der Waals surface area contributed by atoms with Gasteiger partial charge in [-0.2, -0.15) is 0 Å². The van der Waals surface area contributed by atoms with Crippen molar-refractivity contribution in [1.82, 2.24) is 5.16 Å². The molecule has 0 atom stereocenters. The summed E-state index contributed by atoms with van der Waals surface area (Å²) in [6, 6.07) is 0. The third-order valence-corrected chi connectivity index (χ3v) is 1.78. The molecule has 1 aromatic heterocycles. The van der Waals surface area contributed by atoms with E-state index in [2.05, 4.69) is 32.5 Å². The zero-order valence-electron chi connectivity index (χ0n) is 11.1. The second kappa shape index (κ2) is 12.0. The quantitative estimate of drug-likeness (QED) is 0.738. The van der Waals surface area contributed by atoms with Gasteiger partial charge in [-0.1, -0.05) is 52.8 Å². The van der Waals surface area contributed by atoms with Crippen molar-refractivity contribution in [2.75, 3.05) is 0 Å². The van der Waals surface area contributed by atoms with Gasteiger partial charge in [0.25, 0.3) is 0 Å². The Labute approximate surface area is 98.5 Å². The van der Waals surface area contributed by atoms with Gasteiger partial charge in [-0.3, -0.25) is 0 Å². The lowest BCUT2D eigenvalue weighted by Gasteiger charge is -2.01. The zero-order valence-corrected chi connectivity index (χ0v) is 11.1. The van der Waals surface area contributed by atoms with E-state index in [1.165, 1.54) is 5.56 Å². The fourth-order valence-electron chi connectivity index (χ4n) is 1.16. The normalized spacial score (nSPS) is 8.69. The van der Waals surface area contributed by atoms with Crippen molar-refractivity contribution in [2.45, 2.75) is 53.4 Å². The molecule has 94 valence electrons. The molecule has 0 amide bonds. The van der Waals surface area contributed by atoms with Crippen molar-refractivity contribution < 1.29 is 8.91 Å². The van der Waals surface area contributed by atoms with E-state index < -0.39 is 0 Å². The Morgan fingerprint density at radius 1 is 1.50 bits per heavy atom. The van der Waals surface area contributed by atoms with Crippen molar-refractivity contribution in [1.29, 1.82) is 0 Å². The summed E-state index contributed by atoms with van der Waals surface area (Å²) in [5.41, 5.74) is 2.38. The van der Waals surface area contributed by atoms with Crippen LogP contribution in [0.15, 0.2) is 23.7 Å². The number of halogens is 1. The third kappa shape index (κ3) is 7.21. The highest BCUT2D eigenvalue weighted by molar-refractivity contribution is 5.18. The van der Waals surface area contributed by atoms with Gasteiger partial charge >= 0.3 is 0 Å². The second-order valence-corrected chi connectivity index (χ2v) is 3.28. The summed E-state index contributed by atoms with van der Waals surface area (Å²) < 4.78 is 15.0. The highest BCUT2D eigenvalue weighted by Crippen LogP contribution is 2.18. The molecule has 0 radical (unpaired) electrons. The smallest absolute Gasteiger partial charge is 0.127 e. The first-order valence-electron chi connectivity index (χ1n) is 5.81. The van der Waals surface area contributed by atoms with Crippen molar-refractivity contribution >= 4 is 0 Å². The summed E-state index contributed by atoms with van der Waals surface area (Å²) >= 11 is 0. The lowest BCUT2D eigenvalue weighted by molar-refractivity contribution is 0.410. The van der Waals surface area contributed by atoms with Crippen LogP contribution < -0.4 is 0 Å². The maximum Gasteiger partial charge on any atom is 0.127 e. The molecule has 0 bridgehead atoms. The van der Waals surface area contributed by atoms with Gasteiger partial charge in [0.1, 0.15) is 6.26 Å². The fourth-order valence-corrected chi connectivity index (χ4v) is 1.16. The largest absolute Gasteiger partial charge is 0.364 e. The molecule has 0 unspecified atom stereocenters. The topological polar surface area (TPSA) is 26.0 Å². The Morgan fingerprint density at radius 2 is 2.00 bits per heavy atom. The predicted molar refractivity (Wildman–Crippen MR) is 67.2 cm³/mol. The number of hydrogen-bond acceptors (Lipinski definition) is 2. The molecule has 2 nitrogen and oxygen atoms in total. The van der Waals surface area contributed by atoms with Crippen LogP contribution in [-0.2, 0) is 6.42 Å². The van der Waals surface area contributed by atoms with Gasteiger partial charge in [-0.25, -0.2) is 4.39 Å². The van der Waals surface area contributed by atoms with E-state index in [9.17, 15) is 4.39 Å². The molecule has 0 saturated heterocycles. The standard InChI is InChI=1S/C9H15NO.C2H3F.C2H6/c1-4-5-9-8(7(2)3)6-11-10-9;1-2-3;1-2/h6-7H,4-5H2,1-3H3;2H,1H2;1-2H3. The lowest BCUT2D eigenvalue weighted by atomic mass is 10.0. The molecule has 0 aliphatic rings. The average Bonchev–Trinajstić information content (AvgIpc) is 2.71. The van der Waals surface area contributed by atoms with Gasteiger partial charge in [0.2, 0.25) is 0 Å². The van der Waals surface area contributed by atoms with Gasteiger partial charge in [-0.05, 0) is 12.3 Å². The monoisotopic (exact) mass is 229 g/mol. The van der Waals surface area contributed by atoms with Crippen LogP contribution in [0.4, 0.5) is 4.39 Å². The molecule has 0 aromatic carbocycles. The molecule has 0 spiro atoms. The third-order valence-electron chi connectivity index (χ3n) is 1.78. The van der Waals surface area contributed by atoms with Gasteiger partial charge in [0.05, 0.1) is 12.0 Å². The summed E-state index contributed by atoms with van der Waals surface area (Å²) in [5, 5.41) is 3.95. The summed E-state index contributed by atoms with van der Waals surface area (Å²) in [5.74, 6) is 0.530. The first-order chi connectivity index (χ1) is 7.67. The molecule has 0 fully saturated rings. The molecular weight excluding hydrogens is 205 g/mol. The Bertz CT molecular complexity index is 256. The molecular formula is C13H24FNO. The molecule has 1 heterocycles. The van der Waals surface area contributed by atoms with Crippen LogP contribution in [0.2, 0.25) is 0 Å². The van der Waals surface area contributed by atoms with E-state index in [0.717, 1.165) is 18.5 Å². The van der Waals surface area contributed by atoms with Gasteiger partial charge in [0.15, 0.2) is 0 Å². The van der Waals surface area contributed by atoms with Crippen LogP contribution in [0.25, 0.3) is 0 Å². The highest BCUT2D eigenvalue weighted by Gasteiger charge is 2.09. The highest BCUT2D eigenvalue weighted by atomic mass is 19.1. The number of aryl methyl sites for hydroxylation is 1. The van der Waals surface area contributed by atoms with Crippen molar-refractivity contribution in [2.24, 2.45) is 0 Å². The van der Waals surface area contributed by atoms with Crippen molar-refractivity contribution in [3.8, 4) is 0 Å². The molecule has 0 N–H and O–H groups in total. The Balaban J connectivity index is 0. The van der Waals surface area contributed by atoms with Crippen LogP contribution in [0, 0.1) is 0 Å². The van der Waals surface area contributed by atoms with Crippen molar-refractivity contribution in [3.05, 3.63) is 30.4 Å². The Kier molecular flexibility index (Phi) is 12.9. The van der Waals surface area contributed by atoms with Crippen LogP contribution in [0.3, 0.4) is 0 Å². The molecule has 3 heteroatoms. The molecule has 1 rings (SSSR count). The molecule has 1 aromatic rings. The predicted octanol–water partition coefficient (Wildman–Crippen LogP) is 4.88. The minimum absolute atomic E-state index is 0.250. The number of rotatable bonds is 3. The first kappa shape index (κ1) is 17.3. The molecule has 16 heavy (non-hydrogen) atoms. The van der Waals surface area contributed by atoms with Crippen LogP contribution in [0.1, 0.15) is 58.2 Å². The molecule has 0 saturated carbocycles. The van der Waals surface area contributed by atoms with E-state index >= 15 is 0 Å². The summed E-state index contributed by atoms with van der Waals surface area (Å²) in [6.07, 6.45) is 4.17. The second-order valence-electron chi connectivity index (χ2n) is 3.28. The average molecular weight is 229 g/mol.